The molecule has 22 heavy (non-hydrogen) atoms. The van der Waals surface area contributed by atoms with Gasteiger partial charge in [0.25, 0.3) is 5.91 Å². The number of ether oxygens (including phenoxy) is 1. The minimum absolute atomic E-state index is 0.380. The van der Waals surface area contributed by atoms with E-state index in [1.807, 2.05) is 0 Å². The van der Waals surface area contributed by atoms with Crippen LogP contribution in [-0.4, -0.2) is 17.8 Å². The lowest BCUT2D eigenvalue weighted by Gasteiger charge is -2.26. The van der Waals surface area contributed by atoms with Crippen LogP contribution in [0.15, 0.2) is 48.5 Å². The summed E-state index contributed by atoms with van der Waals surface area (Å²) in [6.07, 6.45) is -1.20. The number of alkyl halides is 1. The highest BCUT2D eigenvalue weighted by Gasteiger charge is 2.37. The van der Waals surface area contributed by atoms with Gasteiger partial charge in [0.1, 0.15) is 10.6 Å². The number of ketones is 1. The van der Waals surface area contributed by atoms with Crippen LogP contribution in [0, 0.1) is 0 Å². The van der Waals surface area contributed by atoms with Crippen molar-refractivity contribution < 1.29 is 14.3 Å². The predicted octanol–water partition coefficient (Wildman–Crippen LogP) is 3.74. The number of amides is 1. The predicted molar refractivity (Wildman–Crippen MR) is 87.6 cm³/mol. The van der Waals surface area contributed by atoms with Crippen LogP contribution in [0.2, 0.25) is 5.02 Å². The molecule has 0 bridgehead atoms. The molecule has 0 saturated carbocycles. The first-order valence-electron chi connectivity index (χ1n) is 6.56. The van der Waals surface area contributed by atoms with Crippen molar-refractivity contribution in [3.8, 4) is 5.75 Å². The molecule has 4 nitrogen and oxygen atoms in total. The zero-order valence-electron chi connectivity index (χ0n) is 11.3. The van der Waals surface area contributed by atoms with E-state index in [1.54, 1.807) is 48.5 Å². The Morgan fingerprint density at radius 2 is 2.00 bits per heavy atom. The van der Waals surface area contributed by atoms with Crippen LogP contribution in [0.5, 0.6) is 5.75 Å². The second-order valence-electron chi connectivity index (χ2n) is 4.80. The third-order valence-corrected chi connectivity index (χ3v) is 4.49. The van der Waals surface area contributed by atoms with Gasteiger partial charge in [0.05, 0.1) is 5.69 Å². The number of fused-ring (bicyclic) bond motifs is 1. The largest absolute Gasteiger partial charge is 0.470 e. The summed E-state index contributed by atoms with van der Waals surface area (Å²) in [5.74, 6) is -0.379. The third-order valence-electron chi connectivity index (χ3n) is 3.28. The van der Waals surface area contributed by atoms with Crippen LogP contribution in [0.4, 0.5) is 5.69 Å². The number of hydrogen-bond donors (Lipinski definition) is 1. The van der Waals surface area contributed by atoms with Gasteiger partial charge in [-0.15, -0.1) is 0 Å². The van der Waals surface area contributed by atoms with E-state index in [2.05, 4.69) is 21.2 Å². The van der Waals surface area contributed by atoms with Crippen molar-refractivity contribution in [3.05, 3.63) is 59.1 Å². The van der Waals surface area contributed by atoms with Crippen LogP contribution in [0.1, 0.15) is 10.4 Å². The lowest BCUT2D eigenvalue weighted by Crippen LogP contribution is -2.44. The van der Waals surface area contributed by atoms with E-state index in [1.165, 1.54) is 0 Å². The number of hydrogen-bond acceptors (Lipinski definition) is 3. The summed E-state index contributed by atoms with van der Waals surface area (Å²) in [5, 5.41) is 3.20. The number of para-hydroxylation sites is 2. The molecule has 1 heterocycles. The topological polar surface area (TPSA) is 55.4 Å². The van der Waals surface area contributed by atoms with Gasteiger partial charge in [-0.3, -0.25) is 9.59 Å². The average molecular weight is 381 g/mol. The maximum atomic E-state index is 12.6. The first-order valence-corrected chi connectivity index (χ1v) is 7.85. The third kappa shape index (κ3) is 2.87. The number of anilines is 1. The molecule has 0 saturated heterocycles. The van der Waals surface area contributed by atoms with Gasteiger partial charge in [-0.25, -0.2) is 0 Å². The van der Waals surface area contributed by atoms with Crippen molar-refractivity contribution in [3.63, 3.8) is 0 Å². The minimum Gasteiger partial charge on any atom is -0.470 e. The first-order chi connectivity index (χ1) is 10.6. The molecule has 3 rings (SSSR count). The van der Waals surface area contributed by atoms with Gasteiger partial charge in [-0.1, -0.05) is 51.8 Å². The quantitative estimate of drug-likeness (QED) is 0.652. The first kappa shape index (κ1) is 15.1. The van der Waals surface area contributed by atoms with Crippen molar-refractivity contribution in [2.45, 2.75) is 10.9 Å². The van der Waals surface area contributed by atoms with Crippen molar-refractivity contribution >= 4 is 44.9 Å². The van der Waals surface area contributed by atoms with Gasteiger partial charge in [-0.2, -0.15) is 0 Å². The molecule has 2 atom stereocenters. The van der Waals surface area contributed by atoms with Crippen molar-refractivity contribution in [1.29, 1.82) is 0 Å². The molecule has 1 aliphatic rings. The Kier molecular flexibility index (Phi) is 4.18. The SMILES string of the molecule is O=C1Nc2ccccc2OC1C(=O)C(Br)c1cccc(Cl)c1. The molecule has 1 N–H and O–H groups in total. The maximum absolute atomic E-state index is 12.6. The number of rotatable bonds is 3. The zero-order chi connectivity index (χ0) is 15.7. The number of carbonyl (C=O) groups is 2. The molecule has 2 aromatic carbocycles. The van der Waals surface area contributed by atoms with Crippen LogP contribution in [-0.2, 0) is 9.59 Å². The summed E-state index contributed by atoms with van der Waals surface area (Å²) in [4.78, 5) is 24.0. The molecule has 0 fully saturated rings. The van der Waals surface area contributed by atoms with Gasteiger partial charge in [-0.05, 0) is 29.8 Å². The van der Waals surface area contributed by atoms with Gasteiger partial charge >= 0.3 is 0 Å². The summed E-state index contributed by atoms with van der Waals surface area (Å²) in [6.45, 7) is 0. The molecule has 1 aliphatic heterocycles. The van der Waals surface area contributed by atoms with Crippen LogP contribution in [0.3, 0.4) is 0 Å². The Balaban J connectivity index is 1.85. The van der Waals surface area contributed by atoms with Crippen molar-refractivity contribution in [1.82, 2.24) is 0 Å². The Morgan fingerprint density at radius 3 is 2.77 bits per heavy atom. The molecular formula is C16H11BrClNO3. The van der Waals surface area contributed by atoms with Crippen molar-refractivity contribution in [2.75, 3.05) is 5.32 Å². The summed E-state index contributed by atoms with van der Waals surface area (Å²) in [5.41, 5.74) is 1.23. The normalized spacial score (nSPS) is 17.9. The van der Waals surface area contributed by atoms with E-state index in [0.717, 1.165) is 0 Å². The molecule has 0 aliphatic carbocycles. The summed E-state index contributed by atoms with van der Waals surface area (Å²) in [6, 6.07) is 13.9. The van der Waals surface area contributed by atoms with Crippen LogP contribution >= 0.6 is 27.5 Å². The molecule has 112 valence electrons. The Hall–Kier alpha value is -1.85. The number of nitrogens with one attached hydrogen (secondary N) is 1. The fraction of sp³-hybridized carbons (Fsp3) is 0.125. The molecule has 0 spiro atoms. The monoisotopic (exact) mass is 379 g/mol. The highest BCUT2D eigenvalue weighted by atomic mass is 79.9. The second kappa shape index (κ2) is 6.10. The Morgan fingerprint density at radius 1 is 1.23 bits per heavy atom. The highest BCUT2D eigenvalue weighted by molar-refractivity contribution is 9.09. The second-order valence-corrected chi connectivity index (χ2v) is 6.16. The van der Waals surface area contributed by atoms with E-state index in [4.69, 9.17) is 16.3 Å². The fourth-order valence-electron chi connectivity index (χ4n) is 2.20. The van der Waals surface area contributed by atoms with Gasteiger partial charge in [0.2, 0.25) is 11.9 Å². The molecule has 2 unspecified atom stereocenters. The minimum atomic E-state index is -1.20. The Bertz CT molecular complexity index is 750. The molecule has 0 aromatic heterocycles. The van der Waals surface area contributed by atoms with Gasteiger partial charge in [0, 0.05) is 5.02 Å². The fourth-order valence-corrected chi connectivity index (χ4v) is 2.92. The maximum Gasteiger partial charge on any atom is 0.273 e. The molecular weight excluding hydrogens is 370 g/mol. The van der Waals surface area contributed by atoms with E-state index >= 15 is 0 Å². The van der Waals surface area contributed by atoms with Crippen molar-refractivity contribution in [2.24, 2.45) is 0 Å². The highest BCUT2D eigenvalue weighted by Crippen LogP contribution is 2.33. The van der Waals surface area contributed by atoms with Gasteiger partial charge < -0.3 is 10.1 Å². The lowest BCUT2D eigenvalue weighted by molar-refractivity contribution is -0.135. The smallest absolute Gasteiger partial charge is 0.273 e. The average Bonchev–Trinajstić information content (AvgIpc) is 2.53. The van der Waals surface area contributed by atoms with E-state index in [9.17, 15) is 9.59 Å². The number of halogens is 2. The van der Waals surface area contributed by atoms with Crippen LogP contribution in [0.25, 0.3) is 0 Å². The molecule has 1 amide bonds. The summed E-state index contributed by atoms with van der Waals surface area (Å²) in [7, 11) is 0. The van der Waals surface area contributed by atoms with E-state index in [0.29, 0.717) is 22.0 Å². The lowest BCUT2D eigenvalue weighted by atomic mass is 10.0. The van der Waals surface area contributed by atoms with E-state index in [-0.39, 0.29) is 5.78 Å². The Labute approximate surface area is 140 Å². The number of carbonyl (C=O) groups excluding carboxylic acids is 2. The van der Waals surface area contributed by atoms with Crippen LogP contribution < -0.4 is 10.1 Å². The number of Topliss-reactive ketones (excluding diaryl/α,β-unsaturated/α-hetero) is 1. The van der Waals surface area contributed by atoms with Gasteiger partial charge in [0.15, 0.2) is 0 Å². The summed E-state index contributed by atoms with van der Waals surface area (Å²) < 4.78 is 5.55. The number of benzene rings is 2. The molecule has 2 aromatic rings. The molecule has 0 radical (unpaired) electrons. The zero-order valence-corrected chi connectivity index (χ0v) is 13.6. The standard InChI is InChI=1S/C16H11BrClNO3/c17-13(9-4-3-5-10(18)8-9)14(20)15-16(21)19-11-6-1-2-7-12(11)22-15/h1-8,13,15H,(H,19,21). The summed E-state index contributed by atoms with van der Waals surface area (Å²) >= 11 is 9.25. The molecule has 6 heteroatoms. The van der Waals surface area contributed by atoms with E-state index < -0.39 is 16.8 Å².